The number of amides is 1. The van der Waals surface area contributed by atoms with E-state index in [1.54, 1.807) is 0 Å². The van der Waals surface area contributed by atoms with Crippen molar-refractivity contribution in [3.63, 3.8) is 0 Å². The summed E-state index contributed by atoms with van der Waals surface area (Å²) < 4.78 is 0.928. The number of aromatic nitrogens is 3. The lowest BCUT2D eigenvalue weighted by Crippen LogP contribution is -2.22. The maximum absolute atomic E-state index is 12.1. The van der Waals surface area contributed by atoms with Gasteiger partial charge in [-0.25, -0.2) is 4.98 Å². The van der Waals surface area contributed by atoms with Crippen LogP contribution in [0, 0.1) is 0 Å². The smallest absolute Gasteiger partial charge is 0.237 e. The molecule has 0 saturated carbocycles. The third kappa shape index (κ3) is 4.08. The van der Waals surface area contributed by atoms with Crippen LogP contribution in [0.1, 0.15) is 19.7 Å². The molecule has 1 aromatic carbocycles. The Hall–Kier alpha value is -1.34. The predicted octanol–water partition coefficient (Wildman–Crippen LogP) is 3.25. The number of rotatable bonds is 5. The molecule has 1 aromatic heterocycles. The van der Waals surface area contributed by atoms with Crippen LogP contribution in [-0.2, 0) is 11.2 Å². The molecular weight excluding hydrogens is 340 g/mol. The summed E-state index contributed by atoms with van der Waals surface area (Å²) in [6.07, 6.45) is 0.798. The number of hydrogen-bond donors (Lipinski definition) is 2. The maximum atomic E-state index is 12.1. The van der Waals surface area contributed by atoms with Crippen molar-refractivity contribution in [1.29, 1.82) is 0 Å². The molecule has 0 fully saturated rings. The van der Waals surface area contributed by atoms with Gasteiger partial charge in [-0.2, -0.15) is 0 Å². The summed E-state index contributed by atoms with van der Waals surface area (Å²) in [6.45, 7) is 3.83. The topological polar surface area (TPSA) is 70.7 Å². The van der Waals surface area contributed by atoms with Gasteiger partial charge < -0.3 is 5.32 Å². The Bertz CT molecular complexity index is 602. The van der Waals surface area contributed by atoms with E-state index in [-0.39, 0.29) is 11.2 Å². The first-order chi connectivity index (χ1) is 9.58. The zero-order valence-corrected chi connectivity index (χ0v) is 13.6. The van der Waals surface area contributed by atoms with E-state index in [1.165, 1.54) is 11.8 Å². The Labute approximate surface area is 130 Å². The van der Waals surface area contributed by atoms with E-state index in [2.05, 4.69) is 36.4 Å². The van der Waals surface area contributed by atoms with E-state index >= 15 is 0 Å². The first-order valence-corrected chi connectivity index (χ1v) is 7.90. The molecule has 106 valence electrons. The molecule has 1 unspecified atom stereocenters. The molecule has 2 N–H and O–H groups in total. The van der Waals surface area contributed by atoms with Crippen LogP contribution < -0.4 is 5.32 Å². The highest BCUT2D eigenvalue weighted by molar-refractivity contribution is 9.10. The first kappa shape index (κ1) is 15.1. The van der Waals surface area contributed by atoms with Crippen LogP contribution >= 0.6 is 27.7 Å². The van der Waals surface area contributed by atoms with Crippen LogP contribution in [0.2, 0.25) is 0 Å². The molecule has 1 heterocycles. The third-order valence-electron chi connectivity index (χ3n) is 2.59. The van der Waals surface area contributed by atoms with Crippen LogP contribution in [0.25, 0.3) is 0 Å². The molecule has 1 atom stereocenters. The van der Waals surface area contributed by atoms with Gasteiger partial charge in [-0.15, -0.1) is 5.10 Å². The van der Waals surface area contributed by atoms with Crippen molar-refractivity contribution in [1.82, 2.24) is 15.2 Å². The molecule has 0 spiro atoms. The van der Waals surface area contributed by atoms with Crippen molar-refractivity contribution in [3.05, 3.63) is 34.6 Å². The molecule has 20 heavy (non-hydrogen) atoms. The van der Waals surface area contributed by atoms with Crippen LogP contribution in [0.15, 0.2) is 33.9 Å². The highest BCUT2D eigenvalue weighted by Crippen LogP contribution is 2.21. The Morgan fingerprint density at radius 2 is 2.35 bits per heavy atom. The van der Waals surface area contributed by atoms with Crippen molar-refractivity contribution in [2.24, 2.45) is 0 Å². The van der Waals surface area contributed by atoms with Gasteiger partial charge in [0.2, 0.25) is 11.1 Å². The van der Waals surface area contributed by atoms with Gasteiger partial charge in [0.05, 0.1) is 5.25 Å². The number of nitrogens with one attached hydrogen (secondary N) is 2. The second-order valence-corrected chi connectivity index (χ2v) is 6.40. The third-order valence-corrected chi connectivity index (χ3v) is 4.04. The molecule has 2 aromatic rings. The van der Waals surface area contributed by atoms with E-state index in [1.807, 2.05) is 38.1 Å². The zero-order chi connectivity index (χ0) is 14.5. The van der Waals surface area contributed by atoms with Crippen molar-refractivity contribution >= 4 is 39.3 Å². The minimum absolute atomic E-state index is 0.0732. The van der Waals surface area contributed by atoms with Crippen molar-refractivity contribution in [2.45, 2.75) is 30.7 Å². The second-order valence-electron chi connectivity index (χ2n) is 4.18. The van der Waals surface area contributed by atoms with Gasteiger partial charge in [0.1, 0.15) is 5.82 Å². The Morgan fingerprint density at radius 3 is 3.00 bits per heavy atom. The van der Waals surface area contributed by atoms with Gasteiger partial charge in [-0.1, -0.05) is 40.7 Å². The molecule has 0 saturated heterocycles. The Kier molecular flexibility index (Phi) is 5.19. The van der Waals surface area contributed by atoms with Gasteiger partial charge in [0.15, 0.2) is 0 Å². The molecule has 0 aliphatic rings. The maximum Gasteiger partial charge on any atom is 0.237 e. The molecule has 1 amide bonds. The number of carbonyl (C=O) groups is 1. The fourth-order valence-electron chi connectivity index (χ4n) is 1.51. The molecule has 7 heteroatoms. The largest absolute Gasteiger partial charge is 0.325 e. The Morgan fingerprint density at radius 1 is 1.55 bits per heavy atom. The predicted molar refractivity (Wildman–Crippen MR) is 83.9 cm³/mol. The van der Waals surface area contributed by atoms with Gasteiger partial charge in [0, 0.05) is 16.6 Å². The SMILES string of the molecule is CCc1nc(SC(C)C(=O)Nc2cccc(Br)c2)n[nH]1. The van der Waals surface area contributed by atoms with E-state index in [0.717, 1.165) is 22.4 Å². The second kappa shape index (κ2) is 6.90. The zero-order valence-electron chi connectivity index (χ0n) is 11.2. The van der Waals surface area contributed by atoms with Crippen molar-refractivity contribution in [3.8, 4) is 0 Å². The number of aryl methyl sites for hydroxylation is 1. The monoisotopic (exact) mass is 354 g/mol. The summed E-state index contributed by atoms with van der Waals surface area (Å²) in [5, 5.41) is 10.1. The number of nitrogens with zero attached hydrogens (tertiary/aromatic N) is 2. The summed E-state index contributed by atoms with van der Waals surface area (Å²) in [6, 6.07) is 7.49. The van der Waals surface area contributed by atoms with E-state index < -0.39 is 0 Å². The average Bonchev–Trinajstić information content (AvgIpc) is 2.86. The number of hydrogen-bond acceptors (Lipinski definition) is 4. The standard InChI is InChI=1S/C13H15BrN4OS/c1-3-11-16-13(18-17-11)20-8(2)12(19)15-10-6-4-5-9(14)7-10/h4-8H,3H2,1-2H3,(H,15,19)(H,16,17,18). The number of carbonyl (C=O) groups excluding carboxylic acids is 1. The Balaban J connectivity index is 1.95. The summed E-state index contributed by atoms with van der Waals surface area (Å²) >= 11 is 4.71. The molecule has 5 nitrogen and oxygen atoms in total. The van der Waals surface area contributed by atoms with E-state index in [4.69, 9.17) is 0 Å². The van der Waals surface area contributed by atoms with E-state index in [0.29, 0.717) is 5.16 Å². The summed E-state index contributed by atoms with van der Waals surface area (Å²) in [7, 11) is 0. The van der Waals surface area contributed by atoms with Crippen LogP contribution in [0.4, 0.5) is 5.69 Å². The average molecular weight is 355 g/mol. The quantitative estimate of drug-likeness (QED) is 0.808. The fourth-order valence-corrected chi connectivity index (χ4v) is 2.65. The van der Waals surface area contributed by atoms with Gasteiger partial charge in [0.25, 0.3) is 0 Å². The molecule has 0 bridgehead atoms. The number of H-pyrrole nitrogens is 1. The summed E-state index contributed by atoms with van der Waals surface area (Å²) in [5.74, 6) is 0.753. The molecule has 0 aliphatic heterocycles. The van der Waals surface area contributed by atoms with Crippen LogP contribution in [0.3, 0.4) is 0 Å². The molecule has 0 radical (unpaired) electrons. The molecule has 0 aliphatic carbocycles. The number of anilines is 1. The van der Waals surface area contributed by atoms with Crippen molar-refractivity contribution < 1.29 is 4.79 Å². The van der Waals surface area contributed by atoms with Gasteiger partial charge in [-0.05, 0) is 25.1 Å². The first-order valence-electron chi connectivity index (χ1n) is 6.23. The highest BCUT2D eigenvalue weighted by Gasteiger charge is 2.17. The van der Waals surface area contributed by atoms with Crippen molar-refractivity contribution in [2.75, 3.05) is 5.32 Å². The fraction of sp³-hybridized carbons (Fsp3) is 0.308. The minimum atomic E-state index is -0.269. The van der Waals surface area contributed by atoms with Crippen LogP contribution in [0.5, 0.6) is 0 Å². The molecule has 2 rings (SSSR count). The van der Waals surface area contributed by atoms with E-state index in [9.17, 15) is 4.79 Å². The van der Waals surface area contributed by atoms with Gasteiger partial charge in [-0.3, -0.25) is 9.89 Å². The van der Waals surface area contributed by atoms with Crippen LogP contribution in [-0.4, -0.2) is 26.3 Å². The highest BCUT2D eigenvalue weighted by atomic mass is 79.9. The molecular formula is C13H15BrN4OS. The normalized spacial score (nSPS) is 12.2. The lowest BCUT2D eigenvalue weighted by Gasteiger charge is -2.10. The lowest BCUT2D eigenvalue weighted by molar-refractivity contribution is -0.115. The number of halogens is 1. The summed E-state index contributed by atoms with van der Waals surface area (Å²) in [4.78, 5) is 16.4. The summed E-state index contributed by atoms with van der Waals surface area (Å²) in [5.41, 5.74) is 0.765. The number of thioether (sulfide) groups is 1. The lowest BCUT2D eigenvalue weighted by atomic mass is 10.3. The number of benzene rings is 1. The minimum Gasteiger partial charge on any atom is -0.325 e. The van der Waals surface area contributed by atoms with Gasteiger partial charge >= 0.3 is 0 Å². The number of aromatic amines is 1.